The lowest BCUT2D eigenvalue weighted by molar-refractivity contribution is -0.119. The van der Waals surface area contributed by atoms with Crippen LogP contribution in [0.5, 0.6) is 0 Å². The monoisotopic (exact) mass is 390 g/mol. The number of amides is 2. The summed E-state index contributed by atoms with van der Waals surface area (Å²) in [7, 11) is 0. The van der Waals surface area contributed by atoms with Gasteiger partial charge in [0.05, 0.1) is 11.0 Å². The molecule has 4 rings (SSSR count). The van der Waals surface area contributed by atoms with Crippen LogP contribution in [-0.2, 0) is 9.59 Å². The third kappa shape index (κ3) is 4.31. The summed E-state index contributed by atoms with van der Waals surface area (Å²) in [4.78, 5) is 31.7. The van der Waals surface area contributed by atoms with E-state index in [1.54, 1.807) is 0 Å². The number of benzene rings is 2. The summed E-state index contributed by atoms with van der Waals surface area (Å²) in [5.41, 5.74) is 4.19. The summed E-state index contributed by atoms with van der Waals surface area (Å²) in [6, 6.07) is 13.3. The van der Waals surface area contributed by atoms with E-state index in [2.05, 4.69) is 27.5 Å². The van der Waals surface area contributed by atoms with E-state index in [1.165, 1.54) is 6.92 Å². The molecule has 1 aliphatic rings. The second kappa shape index (κ2) is 8.07. The molecule has 3 N–H and O–H groups in total. The number of carbonyl (C=O) groups excluding carboxylic acids is 2. The van der Waals surface area contributed by atoms with Gasteiger partial charge in [0.1, 0.15) is 5.82 Å². The van der Waals surface area contributed by atoms with Crippen molar-refractivity contribution in [2.24, 2.45) is 11.8 Å². The van der Waals surface area contributed by atoms with Crippen LogP contribution in [0, 0.1) is 11.8 Å². The van der Waals surface area contributed by atoms with E-state index in [4.69, 9.17) is 0 Å². The minimum Gasteiger partial charge on any atom is -0.338 e. The molecule has 6 nitrogen and oxygen atoms in total. The lowest BCUT2D eigenvalue weighted by atomic mass is 10.0. The van der Waals surface area contributed by atoms with E-state index in [-0.39, 0.29) is 17.7 Å². The number of hydrogen-bond acceptors (Lipinski definition) is 3. The number of aromatic amines is 1. The van der Waals surface area contributed by atoms with E-state index >= 15 is 0 Å². The van der Waals surface area contributed by atoms with Crippen LogP contribution in [0.4, 0.5) is 11.4 Å². The first kappa shape index (κ1) is 19.2. The van der Waals surface area contributed by atoms with Crippen molar-refractivity contribution >= 4 is 34.2 Å². The average Bonchev–Trinajstić information content (AvgIpc) is 3.35. The highest BCUT2D eigenvalue weighted by Gasteiger charge is 2.28. The maximum absolute atomic E-state index is 12.6. The summed E-state index contributed by atoms with van der Waals surface area (Å²) >= 11 is 0. The molecule has 1 aromatic heterocycles. The van der Waals surface area contributed by atoms with Gasteiger partial charge in [0, 0.05) is 29.8 Å². The highest BCUT2D eigenvalue weighted by Crippen LogP contribution is 2.33. The topological polar surface area (TPSA) is 86.9 Å². The molecule has 0 radical (unpaired) electrons. The molecular formula is C23H26N4O2. The number of hydrogen-bond donors (Lipinski definition) is 3. The Labute approximate surface area is 170 Å². The van der Waals surface area contributed by atoms with Crippen LogP contribution in [0.3, 0.4) is 0 Å². The Balaban J connectivity index is 1.49. The molecule has 0 bridgehead atoms. The quantitative estimate of drug-likeness (QED) is 0.576. The lowest BCUT2D eigenvalue weighted by Crippen LogP contribution is -2.20. The molecule has 1 fully saturated rings. The molecule has 0 aliphatic heterocycles. The molecule has 0 spiro atoms. The van der Waals surface area contributed by atoms with Gasteiger partial charge in [0.15, 0.2) is 0 Å². The van der Waals surface area contributed by atoms with Crippen molar-refractivity contribution in [3.63, 3.8) is 0 Å². The number of imidazole rings is 1. The lowest BCUT2D eigenvalue weighted by Gasteiger charge is -2.11. The first-order chi connectivity index (χ1) is 14.0. The molecule has 2 aromatic carbocycles. The fraction of sp³-hybridized carbons (Fsp3) is 0.348. The van der Waals surface area contributed by atoms with Crippen LogP contribution in [-0.4, -0.2) is 21.8 Å². The van der Waals surface area contributed by atoms with Gasteiger partial charge in [-0.05, 0) is 67.6 Å². The molecule has 1 saturated carbocycles. The molecule has 3 aromatic rings. The Morgan fingerprint density at radius 2 is 1.83 bits per heavy atom. The molecule has 6 heteroatoms. The number of H-pyrrole nitrogens is 1. The number of nitrogens with one attached hydrogen (secondary N) is 3. The van der Waals surface area contributed by atoms with Crippen LogP contribution < -0.4 is 10.6 Å². The molecule has 2 unspecified atom stereocenters. The molecular weight excluding hydrogens is 364 g/mol. The first-order valence-corrected chi connectivity index (χ1v) is 10.2. The van der Waals surface area contributed by atoms with E-state index < -0.39 is 0 Å². The number of anilines is 2. The summed E-state index contributed by atoms with van der Waals surface area (Å²) in [5.74, 6) is 1.57. The third-order valence-electron chi connectivity index (χ3n) is 5.72. The first-order valence-electron chi connectivity index (χ1n) is 10.2. The van der Waals surface area contributed by atoms with Crippen LogP contribution in [0.25, 0.3) is 22.4 Å². The van der Waals surface area contributed by atoms with Crippen molar-refractivity contribution < 1.29 is 9.59 Å². The van der Waals surface area contributed by atoms with Crippen LogP contribution in [0.2, 0.25) is 0 Å². The van der Waals surface area contributed by atoms with Gasteiger partial charge in [-0.2, -0.15) is 0 Å². The van der Waals surface area contributed by atoms with Crippen molar-refractivity contribution in [2.45, 2.75) is 39.5 Å². The summed E-state index contributed by atoms with van der Waals surface area (Å²) in [6.07, 6.45) is 4.28. The number of nitrogens with zero attached hydrogens (tertiary/aromatic N) is 1. The van der Waals surface area contributed by atoms with E-state index in [9.17, 15) is 9.59 Å². The number of fused-ring (bicyclic) bond motifs is 1. The van der Waals surface area contributed by atoms with Crippen molar-refractivity contribution in [2.75, 3.05) is 10.6 Å². The van der Waals surface area contributed by atoms with Crippen LogP contribution >= 0.6 is 0 Å². The van der Waals surface area contributed by atoms with Crippen molar-refractivity contribution in [3.05, 3.63) is 42.5 Å². The maximum Gasteiger partial charge on any atom is 0.227 e. The second-order valence-corrected chi connectivity index (χ2v) is 7.85. The highest BCUT2D eigenvalue weighted by molar-refractivity contribution is 5.95. The van der Waals surface area contributed by atoms with Gasteiger partial charge in [0.25, 0.3) is 0 Å². The molecule has 150 valence electrons. The Morgan fingerprint density at radius 1 is 1.07 bits per heavy atom. The zero-order valence-electron chi connectivity index (χ0n) is 16.8. The van der Waals surface area contributed by atoms with Gasteiger partial charge in [-0.1, -0.05) is 13.3 Å². The Morgan fingerprint density at radius 3 is 2.52 bits per heavy atom. The van der Waals surface area contributed by atoms with Gasteiger partial charge in [-0.3, -0.25) is 9.59 Å². The number of carbonyl (C=O) groups is 2. The zero-order chi connectivity index (χ0) is 20.4. The molecule has 29 heavy (non-hydrogen) atoms. The fourth-order valence-electron chi connectivity index (χ4n) is 4.07. The summed E-state index contributed by atoms with van der Waals surface area (Å²) < 4.78 is 0. The highest BCUT2D eigenvalue weighted by atomic mass is 16.2. The van der Waals surface area contributed by atoms with E-state index in [0.717, 1.165) is 59.5 Å². The van der Waals surface area contributed by atoms with Gasteiger partial charge < -0.3 is 15.6 Å². The van der Waals surface area contributed by atoms with Gasteiger partial charge in [-0.15, -0.1) is 0 Å². The number of aromatic nitrogens is 2. The van der Waals surface area contributed by atoms with Crippen molar-refractivity contribution in [3.8, 4) is 11.4 Å². The van der Waals surface area contributed by atoms with E-state index in [0.29, 0.717) is 5.92 Å². The normalized spacial score (nSPS) is 18.7. The smallest absolute Gasteiger partial charge is 0.227 e. The molecule has 1 heterocycles. The van der Waals surface area contributed by atoms with Crippen LogP contribution in [0.1, 0.15) is 39.5 Å². The molecule has 1 aliphatic carbocycles. The number of rotatable bonds is 5. The SMILES string of the molecule is CCC1CCC(C(=O)Nc2ccc3nc(-c4ccc(NC(C)=O)cc4)[nH]c3c2)C1. The second-order valence-electron chi connectivity index (χ2n) is 7.85. The van der Waals surface area contributed by atoms with Gasteiger partial charge in [-0.25, -0.2) is 4.98 Å². The zero-order valence-corrected chi connectivity index (χ0v) is 16.8. The largest absolute Gasteiger partial charge is 0.338 e. The Kier molecular flexibility index (Phi) is 5.34. The molecule has 2 amide bonds. The minimum absolute atomic E-state index is 0.0983. The average molecular weight is 390 g/mol. The third-order valence-corrected chi connectivity index (χ3v) is 5.72. The predicted octanol–water partition coefficient (Wildman–Crippen LogP) is 4.95. The molecule has 2 atom stereocenters. The summed E-state index contributed by atoms with van der Waals surface area (Å²) in [5, 5.41) is 5.82. The Bertz CT molecular complexity index is 1040. The molecule has 0 saturated heterocycles. The van der Waals surface area contributed by atoms with Crippen molar-refractivity contribution in [1.29, 1.82) is 0 Å². The summed E-state index contributed by atoms with van der Waals surface area (Å²) in [6.45, 7) is 3.68. The predicted molar refractivity (Wildman–Crippen MR) is 116 cm³/mol. The van der Waals surface area contributed by atoms with Gasteiger partial charge >= 0.3 is 0 Å². The van der Waals surface area contributed by atoms with E-state index in [1.807, 2.05) is 42.5 Å². The maximum atomic E-state index is 12.6. The van der Waals surface area contributed by atoms with Crippen LogP contribution in [0.15, 0.2) is 42.5 Å². The van der Waals surface area contributed by atoms with Gasteiger partial charge in [0.2, 0.25) is 11.8 Å². The minimum atomic E-state index is -0.0983. The Hall–Kier alpha value is -3.15. The van der Waals surface area contributed by atoms with Crippen molar-refractivity contribution in [1.82, 2.24) is 9.97 Å². The fourth-order valence-corrected chi connectivity index (χ4v) is 4.07. The standard InChI is InChI=1S/C23H26N4O2/c1-3-15-4-5-17(12-15)23(29)25-19-10-11-20-21(13-19)27-22(26-20)16-6-8-18(9-7-16)24-14(2)28/h6-11,13,15,17H,3-5,12H2,1-2H3,(H,24,28)(H,25,29)(H,26,27).